The van der Waals surface area contributed by atoms with Crippen molar-refractivity contribution in [1.29, 1.82) is 0 Å². The molecule has 0 aromatic rings. The fraction of sp³-hybridized carbons (Fsp3) is 0.750. The number of hydrogen-bond donors (Lipinski definition) is 2. The van der Waals surface area contributed by atoms with Crippen LogP contribution in [0.3, 0.4) is 0 Å². The number of alkyl halides is 1. The molecule has 0 aliphatic heterocycles. The molecule has 0 heterocycles. The zero-order chi connectivity index (χ0) is 17.9. The lowest BCUT2D eigenvalue weighted by atomic mass is 9.51. The van der Waals surface area contributed by atoms with Gasteiger partial charge in [-0.1, -0.05) is 46.7 Å². The summed E-state index contributed by atoms with van der Waals surface area (Å²) in [6, 6.07) is 0. The Labute approximate surface area is 157 Å². The van der Waals surface area contributed by atoms with Crippen molar-refractivity contribution in [3.05, 3.63) is 23.8 Å². The van der Waals surface area contributed by atoms with Crippen LogP contribution in [-0.4, -0.2) is 39.3 Å². The lowest BCUT2D eigenvalue weighted by Gasteiger charge is -2.54. The number of halogens is 1. The summed E-state index contributed by atoms with van der Waals surface area (Å²) >= 11 is 3.73. The summed E-state index contributed by atoms with van der Waals surface area (Å²) in [6.07, 6.45) is 8.69. The quantitative estimate of drug-likeness (QED) is 0.396. The highest BCUT2D eigenvalue weighted by Crippen LogP contribution is 2.60. The van der Waals surface area contributed by atoms with Gasteiger partial charge in [-0.25, -0.2) is 0 Å². The molecule has 3 unspecified atom stereocenters. The molecule has 0 amide bonds. The minimum atomic E-state index is -0.477. The minimum absolute atomic E-state index is 0.0740. The van der Waals surface area contributed by atoms with Crippen LogP contribution in [0.1, 0.15) is 39.5 Å². The van der Waals surface area contributed by atoms with E-state index in [9.17, 15) is 15.0 Å². The number of aliphatic hydroxyl groups excluding tert-OH is 2. The fourth-order valence-corrected chi connectivity index (χ4v) is 7.10. The summed E-state index contributed by atoms with van der Waals surface area (Å²) in [5, 5.41) is 20.9. The van der Waals surface area contributed by atoms with Crippen molar-refractivity contribution in [2.24, 2.45) is 29.1 Å². The average Bonchev–Trinajstić information content (AvgIpc) is 2.85. The number of rotatable bonds is 1. The largest absolute Gasteiger partial charge is 0.461 e. The fourth-order valence-electron chi connectivity index (χ4n) is 6.17. The summed E-state index contributed by atoms with van der Waals surface area (Å²) in [5.41, 5.74) is 1.11. The van der Waals surface area contributed by atoms with E-state index in [0.717, 1.165) is 19.3 Å². The van der Waals surface area contributed by atoms with Crippen molar-refractivity contribution in [2.45, 2.75) is 62.7 Å². The van der Waals surface area contributed by atoms with Gasteiger partial charge in [0.2, 0.25) is 0 Å². The highest BCUT2D eigenvalue weighted by atomic mass is 79.9. The molecular formula is C20H27BrO4. The first-order valence-corrected chi connectivity index (χ1v) is 10.3. The number of hydrogen-bond acceptors (Lipinski definition) is 4. The molecule has 2 saturated carbocycles. The molecule has 0 aromatic carbocycles. The summed E-state index contributed by atoms with van der Waals surface area (Å²) in [7, 11) is 0. The zero-order valence-corrected chi connectivity index (χ0v) is 16.4. The number of fused-ring (bicyclic) bond motifs is 5. The molecule has 4 aliphatic rings. The van der Waals surface area contributed by atoms with Crippen LogP contribution in [-0.2, 0) is 9.53 Å². The van der Waals surface area contributed by atoms with Crippen LogP contribution >= 0.6 is 15.9 Å². The molecule has 2 fully saturated rings. The third kappa shape index (κ3) is 2.74. The van der Waals surface area contributed by atoms with E-state index in [-0.39, 0.29) is 28.2 Å². The van der Waals surface area contributed by atoms with Gasteiger partial charge in [-0.2, -0.15) is 0 Å². The third-order valence-corrected chi connectivity index (χ3v) is 8.11. The number of aliphatic hydroxyl groups is 2. The first kappa shape index (κ1) is 17.7. The van der Waals surface area contributed by atoms with E-state index in [2.05, 4.69) is 28.9 Å². The Morgan fingerprint density at radius 2 is 2.08 bits per heavy atom. The Hall–Kier alpha value is -0.650. The summed E-state index contributed by atoms with van der Waals surface area (Å²) in [6.45, 7) is 3.73. The van der Waals surface area contributed by atoms with Crippen LogP contribution in [0.15, 0.2) is 23.8 Å². The van der Waals surface area contributed by atoms with Crippen molar-refractivity contribution < 1.29 is 19.7 Å². The first-order chi connectivity index (χ1) is 11.8. The van der Waals surface area contributed by atoms with E-state index >= 15 is 0 Å². The van der Waals surface area contributed by atoms with Gasteiger partial charge in [-0.05, 0) is 43.4 Å². The van der Waals surface area contributed by atoms with E-state index in [1.54, 1.807) is 0 Å². The Morgan fingerprint density at radius 3 is 2.80 bits per heavy atom. The van der Waals surface area contributed by atoms with E-state index in [1.165, 1.54) is 12.5 Å². The SMILES string of the molecule is CC(=O)O[C@H]1[C@H](Br)CC2C3C(CC[C@@H]21)[C@@]1(C)C=C[C@H](O)CC1=C[C@@H]3O. The maximum Gasteiger partial charge on any atom is 0.302 e. The van der Waals surface area contributed by atoms with Gasteiger partial charge in [0.15, 0.2) is 0 Å². The van der Waals surface area contributed by atoms with E-state index in [0.29, 0.717) is 24.2 Å². The molecule has 138 valence electrons. The van der Waals surface area contributed by atoms with Gasteiger partial charge in [0.05, 0.1) is 17.0 Å². The lowest BCUT2D eigenvalue weighted by molar-refractivity contribution is -0.150. The molecule has 0 bridgehead atoms. The molecule has 9 atom stereocenters. The van der Waals surface area contributed by atoms with Crippen LogP contribution in [0, 0.1) is 29.1 Å². The maximum absolute atomic E-state index is 11.5. The molecule has 0 spiro atoms. The second-order valence-electron chi connectivity index (χ2n) is 8.51. The van der Waals surface area contributed by atoms with Gasteiger partial charge in [-0.3, -0.25) is 4.79 Å². The molecule has 0 aromatic heterocycles. The Balaban J connectivity index is 1.66. The van der Waals surface area contributed by atoms with Crippen LogP contribution in [0.4, 0.5) is 0 Å². The van der Waals surface area contributed by atoms with Crippen LogP contribution in [0.25, 0.3) is 0 Å². The van der Waals surface area contributed by atoms with E-state index in [4.69, 9.17) is 4.74 Å². The second-order valence-corrected chi connectivity index (χ2v) is 9.69. The predicted octanol–water partition coefficient (Wildman–Crippen LogP) is 2.97. The number of ether oxygens (including phenoxy) is 1. The Kier molecular flexibility index (Phi) is 4.41. The number of carbonyl (C=O) groups excluding carboxylic acids is 1. The first-order valence-electron chi connectivity index (χ1n) is 9.39. The summed E-state index contributed by atoms with van der Waals surface area (Å²) < 4.78 is 5.62. The molecule has 0 radical (unpaired) electrons. The van der Waals surface area contributed by atoms with Gasteiger partial charge in [0.1, 0.15) is 6.10 Å². The molecule has 4 rings (SSSR count). The van der Waals surface area contributed by atoms with E-state index < -0.39 is 12.2 Å². The van der Waals surface area contributed by atoms with Crippen molar-refractivity contribution in [3.8, 4) is 0 Å². The molecule has 0 saturated heterocycles. The van der Waals surface area contributed by atoms with Gasteiger partial charge >= 0.3 is 5.97 Å². The molecule has 4 aliphatic carbocycles. The van der Waals surface area contributed by atoms with Gasteiger partial charge in [-0.15, -0.1) is 0 Å². The molecule has 4 nitrogen and oxygen atoms in total. The van der Waals surface area contributed by atoms with Gasteiger partial charge in [0, 0.05) is 18.3 Å². The van der Waals surface area contributed by atoms with Crippen molar-refractivity contribution in [3.63, 3.8) is 0 Å². The standard InChI is InChI=1S/C20H27BrO4/c1-10(22)25-19-13-3-4-15-18(14(13)9-16(19)21)17(24)8-11-7-12(23)5-6-20(11,15)2/h5-6,8,12-19,23-24H,3-4,7,9H2,1-2H3/t12-,13-,14?,15?,16+,17-,18?,19+,20-/m0/s1. The van der Waals surface area contributed by atoms with Gasteiger partial charge in [0.25, 0.3) is 0 Å². The minimum Gasteiger partial charge on any atom is -0.461 e. The topological polar surface area (TPSA) is 66.8 Å². The molecular weight excluding hydrogens is 384 g/mol. The van der Waals surface area contributed by atoms with Crippen molar-refractivity contribution in [2.75, 3.05) is 0 Å². The normalized spacial score (nSPS) is 51.2. The van der Waals surface area contributed by atoms with E-state index in [1.807, 2.05) is 12.2 Å². The number of esters is 1. The Morgan fingerprint density at radius 1 is 1.32 bits per heavy atom. The zero-order valence-electron chi connectivity index (χ0n) is 14.8. The number of allylic oxidation sites excluding steroid dienone is 1. The van der Waals surface area contributed by atoms with Crippen LogP contribution in [0.2, 0.25) is 0 Å². The van der Waals surface area contributed by atoms with Crippen molar-refractivity contribution in [1.82, 2.24) is 0 Å². The van der Waals surface area contributed by atoms with Crippen LogP contribution in [0.5, 0.6) is 0 Å². The van der Waals surface area contributed by atoms with Gasteiger partial charge < -0.3 is 14.9 Å². The third-order valence-electron chi connectivity index (χ3n) is 7.22. The lowest BCUT2D eigenvalue weighted by Crippen LogP contribution is -2.51. The monoisotopic (exact) mass is 410 g/mol. The predicted molar refractivity (Wildman–Crippen MR) is 98.0 cm³/mol. The molecule has 25 heavy (non-hydrogen) atoms. The smallest absolute Gasteiger partial charge is 0.302 e. The highest BCUT2D eigenvalue weighted by Gasteiger charge is 2.58. The highest BCUT2D eigenvalue weighted by molar-refractivity contribution is 9.09. The second kappa shape index (κ2) is 6.21. The average molecular weight is 411 g/mol. The number of carbonyl (C=O) groups is 1. The molecule has 5 heteroatoms. The van der Waals surface area contributed by atoms with Crippen molar-refractivity contribution >= 4 is 21.9 Å². The maximum atomic E-state index is 11.5. The summed E-state index contributed by atoms with van der Waals surface area (Å²) in [4.78, 5) is 11.7. The Bertz CT molecular complexity index is 629. The van der Waals surface area contributed by atoms with Crippen LogP contribution < -0.4 is 0 Å². The summed E-state index contributed by atoms with van der Waals surface area (Å²) in [5.74, 6) is 1.02. The molecule has 2 N–H and O–H groups in total.